The second-order valence-electron chi connectivity index (χ2n) is 5.56. The predicted molar refractivity (Wildman–Crippen MR) is 91.3 cm³/mol. The van der Waals surface area contributed by atoms with Gasteiger partial charge in [0.2, 0.25) is 0 Å². The monoisotopic (exact) mass is 351 g/mol. The molecule has 0 radical (unpaired) electrons. The summed E-state index contributed by atoms with van der Waals surface area (Å²) in [5.41, 5.74) is 0.378. The highest BCUT2D eigenvalue weighted by Gasteiger charge is 2.18. The smallest absolute Gasteiger partial charge is 0.283 e. The summed E-state index contributed by atoms with van der Waals surface area (Å²) >= 11 is 7.51. The molecule has 2 heterocycles. The number of benzene rings is 1. The Bertz CT molecular complexity index is 793. The summed E-state index contributed by atoms with van der Waals surface area (Å²) in [5, 5.41) is 3.74. The van der Waals surface area contributed by atoms with Gasteiger partial charge >= 0.3 is 0 Å². The van der Waals surface area contributed by atoms with E-state index in [0.29, 0.717) is 27.1 Å². The minimum Gasteiger partial charge on any atom is -0.496 e. The summed E-state index contributed by atoms with van der Waals surface area (Å²) in [6, 6.07) is 4.96. The zero-order valence-electron chi connectivity index (χ0n) is 13.0. The Morgan fingerprint density at radius 3 is 2.96 bits per heavy atom. The number of rotatable bonds is 4. The molecule has 0 aliphatic carbocycles. The number of carbonyl (C=O) groups is 1. The van der Waals surface area contributed by atoms with Crippen molar-refractivity contribution in [3.63, 3.8) is 0 Å². The van der Waals surface area contributed by atoms with E-state index >= 15 is 0 Å². The molecule has 1 fully saturated rings. The van der Waals surface area contributed by atoms with Crippen molar-refractivity contribution in [3.05, 3.63) is 44.7 Å². The van der Waals surface area contributed by atoms with Gasteiger partial charge in [0.15, 0.2) is 4.80 Å². The number of halogens is 1. The lowest BCUT2D eigenvalue weighted by Gasteiger charge is -2.27. The van der Waals surface area contributed by atoms with Gasteiger partial charge in [-0.05, 0) is 25.1 Å². The number of amides is 1. The number of aryl methyl sites for hydroxylation is 1. The van der Waals surface area contributed by atoms with Crippen molar-refractivity contribution in [2.24, 2.45) is 10.9 Å². The summed E-state index contributed by atoms with van der Waals surface area (Å²) in [7, 11) is 1.53. The van der Waals surface area contributed by atoms with Crippen molar-refractivity contribution in [2.75, 3.05) is 20.2 Å². The third-order valence-corrected chi connectivity index (χ3v) is 4.92. The second kappa shape index (κ2) is 6.86. The standard InChI is InChI=1S/C16H18ClN3O2S/c1-10-8-20(9-11-6-18-7-11)16(23-10)19-15(21)13-5-12(17)3-4-14(13)22-2/h3-5,8,11,18H,6-7,9H2,1-2H3. The highest BCUT2D eigenvalue weighted by molar-refractivity contribution is 7.09. The average Bonchev–Trinajstić information content (AvgIpc) is 2.82. The molecular formula is C16H18ClN3O2S. The van der Waals surface area contributed by atoms with Crippen LogP contribution in [0.2, 0.25) is 5.02 Å². The van der Waals surface area contributed by atoms with Gasteiger partial charge in [-0.3, -0.25) is 4.79 Å². The van der Waals surface area contributed by atoms with Crippen molar-refractivity contribution in [3.8, 4) is 5.75 Å². The quantitative estimate of drug-likeness (QED) is 0.920. The molecule has 0 saturated carbocycles. The van der Waals surface area contributed by atoms with E-state index < -0.39 is 0 Å². The maximum absolute atomic E-state index is 12.6. The van der Waals surface area contributed by atoms with Crippen LogP contribution in [-0.4, -0.2) is 30.7 Å². The first kappa shape index (κ1) is 16.2. The van der Waals surface area contributed by atoms with Crippen LogP contribution >= 0.6 is 22.9 Å². The second-order valence-corrected chi connectivity index (χ2v) is 7.21. The summed E-state index contributed by atoms with van der Waals surface area (Å²) in [5.74, 6) is 0.733. The van der Waals surface area contributed by atoms with Crippen molar-refractivity contribution >= 4 is 28.8 Å². The van der Waals surface area contributed by atoms with Crippen LogP contribution in [0.4, 0.5) is 0 Å². The van der Waals surface area contributed by atoms with Gasteiger partial charge in [-0.15, -0.1) is 11.3 Å². The highest BCUT2D eigenvalue weighted by Crippen LogP contribution is 2.23. The molecule has 1 aliphatic rings. The van der Waals surface area contributed by atoms with Crippen LogP contribution in [-0.2, 0) is 6.54 Å². The summed E-state index contributed by atoms with van der Waals surface area (Å²) < 4.78 is 7.29. The van der Waals surface area contributed by atoms with Gasteiger partial charge in [0.05, 0.1) is 12.7 Å². The van der Waals surface area contributed by atoms with Crippen LogP contribution < -0.4 is 14.9 Å². The number of nitrogens with one attached hydrogen (secondary N) is 1. The lowest BCUT2D eigenvalue weighted by atomic mass is 10.0. The lowest BCUT2D eigenvalue weighted by molar-refractivity contribution is 0.0994. The number of ether oxygens (including phenoxy) is 1. The van der Waals surface area contributed by atoms with E-state index in [1.807, 2.05) is 13.1 Å². The summed E-state index contributed by atoms with van der Waals surface area (Å²) in [6.45, 7) is 4.91. The lowest BCUT2D eigenvalue weighted by Crippen LogP contribution is -2.45. The number of thiazole rings is 1. The van der Waals surface area contributed by atoms with Gasteiger partial charge < -0.3 is 14.6 Å². The number of aromatic nitrogens is 1. The van der Waals surface area contributed by atoms with Crippen molar-refractivity contribution in [1.29, 1.82) is 0 Å². The molecule has 1 saturated heterocycles. The Morgan fingerprint density at radius 2 is 2.30 bits per heavy atom. The maximum Gasteiger partial charge on any atom is 0.283 e. The Morgan fingerprint density at radius 1 is 1.52 bits per heavy atom. The number of methoxy groups -OCH3 is 1. The molecule has 3 rings (SSSR count). The molecule has 1 aliphatic heterocycles. The van der Waals surface area contributed by atoms with Crippen LogP contribution in [0, 0.1) is 12.8 Å². The molecular weight excluding hydrogens is 334 g/mol. The van der Waals surface area contributed by atoms with Gasteiger partial charge in [-0.1, -0.05) is 11.6 Å². The third kappa shape index (κ3) is 3.65. The molecule has 122 valence electrons. The van der Waals surface area contributed by atoms with E-state index in [2.05, 4.69) is 14.9 Å². The minimum atomic E-state index is -0.341. The number of carbonyl (C=O) groups excluding carboxylic acids is 1. The van der Waals surface area contributed by atoms with Gasteiger partial charge in [-0.2, -0.15) is 4.99 Å². The molecule has 1 N–H and O–H groups in total. The van der Waals surface area contributed by atoms with Crippen molar-refractivity contribution < 1.29 is 9.53 Å². The van der Waals surface area contributed by atoms with Crippen LogP contribution in [0.3, 0.4) is 0 Å². The molecule has 0 unspecified atom stereocenters. The molecule has 2 aromatic rings. The fraction of sp³-hybridized carbons (Fsp3) is 0.375. The summed E-state index contributed by atoms with van der Waals surface area (Å²) in [6.07, 6.45) is 2.05. The molecule has 0 spiro atoms. The molecule has 23 heavy (non-hydrogen) atoms. The Kier molecular flexibility index (Phi) is 4.84. The number of hydrogen-bond donors (Lipinski definition) is 1. The largest absolute Gasteiger partial charge is 0.496 e. The molecule has 1 aromatic carbocycles. The van der Waals surface area contributed by atoms with Crippen LogP contribution in [0.1, 0.15) is 15.2 Å². The molecule has 1 aromatic heterocycles. The Balaban J connectivity index is 1.94. The van der Waals surface area contributed by atoms with Crippen LogP contribution in [0.5, 0.6) is 5.75 Å². The van der Waals surface area contributed by atoms with Crippen molar-refractivity contribution in [1.82, 2.24) is 9.88 Å². The molecule has 0 bridgehead atoms. The van der Waals surface area contributed by atoms with Gasteiger partial charge in [-0.25, -0.2) is 0 Å². The predicted octanol–water partition coefficient (Wildman–Crippen LogP) is 2.48. The SMILES string of the molecule is COc1ccc(Cl)cc1C(=O)N=c1sc(C)cn1CC1CNC1. The average molecular weight is 352 g/mol. The fourth-order valence-corrected chi connectivity index (χ4v) is 3.48. The van der Waals surface area contributed by atoms with Crippen molar-refractivity contribution in [2.45, 2.75) is 13.5 Å². The van der Waals surface area contributed by atoms with E-state index in [0.717, 1.165) is 24.5 Å². The first-order valence-electron chi connectivity index (χ1n) is 7.37. The number of nitrogens with zero attached hydrogens (tertiary/aromatic N) is 2. The summed E-state index contributed by atoms with van der Waals surface area (Å²) in [4.78, 5) is 18.7. The van der Waals surface area contributed by atoms with Crippen LogP contribution in [0.15, 0.2) is 29.4 Å². The van der Waals surface area contributed by atoms with E-state index in [1.54, 1.807) is 18.2 Å². The molecule has 1 amide bonds. The first-order chi connectivity index (χ1) is 11.1. The third-order valence-electron chi connectivity index (χ3n) is 3.75. The van der Waals surface area contributed by atoms with E-state index in [4.69, 9.17) is 16.3 Å². The van der Waals surface area contributed by atoms with E-state index in [1.165, 1.54) is 18.4 Å². The molecule has 0 atom stereocenters. The van der Waals surface area contributed by atoms with Crippen LogP contribution in [0.25, 0.3) is 0 Å². The zero-order valence-corrected chi connectivity index (χ0v) is 14.6. The minimum absolute atomic E-state index is 0.341. The topological polar surface area (TPSA) is 55.6 Å². The first-order valence-corrected chi connectivity index (χ1v) is 8.56. The van der Waals surface area contributed by atoms with Gasteiger partial charge in [0.25, 0.3) is 5.91 Å². The van der Waals surface area contributed by atoms with E-state index in [-0.39, 0.29) is 5.91 Å². The Labute approximate surface area is 143 Å². The zero-order chi connectivity index (χ0) is 16.4. The van der Waals surface area contributed by atoms with Gasteiger partial charge in [0, 0.05) is 41.6 Å². The van der Waals surface area contributed by atoms with Gasteiger partial charge in [0.1, 0.15) is 5.75 Å². The maximum atomic E-state index is 12.6. The van der Waals surface area contributed by atoms with E-state index in [9.17, 15) is 4.79 Å². The number of hydrogen-bond acceptors (Lipinski definition) is 4. The normalized spacial score (nSPS) is 15.5. The Hall–Kier alpha value is -1.63. The molecule has 5 nitrogen and oxygen atoms in total. The highest BCUT2D eigenvalue weighted by atomic mass is 35.5. The molecule has 7 heteroatoms. The fourth-order valence-electron chi connectivity index (χ4n) is 2.47.